The Hall–Kier alpha value is -0.423. The van der Waals surface area contributed by atoms with E-state index in [2.05, 4.69) is 0 Å². The molecule has 2 N–H and O–H groups in total. The van der Waals surface area contributed by atoms with Crippen LogP contribution in [0.2, 0.25) is 0 Å². The normalized spacial score (nSPS) is 5.14. The van der Waals surface area contributed by atoms with E-state index >= 15 is 0 Å². The van der Waals surface area contributed by atoms with Crippen LogP contribution >= 0.6 is 0 Å². The maximum absolute atomic E-state index is 8.52. The van der Waals surface area contributed by atoms with Gasteiger partial charge in [0.2, 0.25) is 0 Å². The van der Waals surface area contributed by atoms with Crippen LogP contribution in [0.1, 0.15) is 0 Å². The Kier molecular flexibility index (Phi) is 47.8. The molecule has 0 aliphatic rings. The molecule has 0 aliphatic carbocycles. The molecular formula is H2MgO10Si3-4. The van der Waals surface area contributed by atoms with Gasteiger partial charge in [0.05, 0.1) is 0 Å². The topological polar surface area (TPSA) is 221 Å². The molecule has 14 heavy (non-hydrogen) atoms. The van der Waals surface area contributed by atoms with Crippen LogP contribution < -0.4 is 28.8 Å². The van der Waals surface area contributed by atoms with Crippen LogP contribution in [0.3, 0.4) is 0 Å². The van der Waals surface area contributed by atoms with Crippen molar-refractivity contribution in [3.05, 3.63) is 0 Å². The summed E-state index contributed by atoms with van der Waals surface area (Å²) in [6.07, 6.45) is 0. The van der Waals surface area contributed by atoms with E-state index in [0.717, 1.165) is 0 Å². The first kappa shape index (κ1) is 29.2. The van der Waals surface area contributed by atoms with E-state index in [1.807, 2.05) is 0 Å². The molecule has 0 heterocycles. The summed E-state index contributed by atoms with van der Waals surface area (Å²) in [4.78, 5) is 51.1. The Morgan fingerprint density at radius 3 is 0.571 bits per heavy atom. The van der Waals surface area contributed by atoms with Gasteiger partial charge < -0.3 is 47.6 Å². The molecule has 0 amide bonds. The van der Waals surface area contributed by atoms with Crippen molar-refractivity contribution in [2.45, 2.75) is 0 Å². The molecule has 80 valence electrons. The summed E-state index contributed by atoms with van der Waals surface area (Å²) in [5, 5.41) is 0. The molecule has 0 saturated carbocycles. The average molecular weight is 271 g/mol. The van der Waals surface area contributed by atoms with Gasteiger partial charge in [0.15, 0.2) is 0 Å². The Bertz CT molecular complexity index is 113. The van der Waals surface area contributed by atoms with Gasteiger partial charge in [-0.05, 0) is 0 Å². The molecule has 0 atom stereocenters. The number of hydrogen-bond acceptors (Lipinski definition) is 9. The minimum atomic E-state index is -3.63. The third-order valence-corrected chi connectivity index (χ3v) is 0. The molecule has 0 bridgehead atoms. The SMILES string of the molecule is O.O=[Si]([O-])[O-].O=[Si]([O-])[O-].O=[Si]([O-])[O-].[Mg+2]. The summed E-state index contributed by atoms with van der Waals surface area (Å²) in [5.74, 6) is 0. The van der Waals surface area contributed by atoms with Gasteiger partial charge in [-0.2, -0.15) is 0 Å². The van der Waals surface area contributed by atoms with Gasteiger partial charge in [-0.25, -0.2) is 0 Å². The standard InChI is InChI=1S/Mg.3O3Si.H2O/c;3*1-4(2)3;/h;;;;1H2/q+2;3*-2;. The van der Waals surface area contributed by atoms with E-state index in [1.54, 1.807) is 0 Å². The molecular weight excluding hydrogens is 269 g/mol. The quantitative estimate of drug-likeness (QED) is 0.380. The largest absolute Gasteiger partial charge is 2.00 e. The summed E-state index contributed by atoms with van der Waals surface area (Å²) < 4.78 is 25.6. The van der Waals surface area contributed by atoms with Gasteiger partial charge in [-0.3, -0.25) is 0 Å². The Balaban J connectivity index is -0.0000000270. The van der Waals surface area contributed by atoms with Crippen LogP contribution in [0.4, 0.5) is 0 Å². The summed E-state index contributed by atoms with van der Waals surface area (Å²) >= 11 is 0. The third-order valence-electron chi connectivity index (χ3n) is 0. The predicted octanol–water partition coefficient (Wildman–Crippen LogP) is -9.84. The minimum Gasteiger partial charge on any atom is -0.672 e. The molecule has 14 heteroatoms. The van der Waals surface area contributed by atoms with Crippen LogP contribution in [-0.2, 0) is 13.4 Å². The molecule has 0 aromatic carbocycles. The maximum atomic E-state index is 8.52. The first-order valence-corrected chi connectivity index (χ1v) is 5.51. The van der Waals surface area contributed by atoms with Gasteiger partial charge >= 0.3 is 23.1 Å². The van der Waals surface area contributed by atoms with Gasteiger partial charge in [-0.15, -0.1) is 0 Å². The van der Waals surface area contributed by atoms with Gasteiger partial charge in [0.25, 0.3) is 0 Å². The second kappa shape index (κ2) is 22.9. The molecule has 0 aromatic rings. The maximum Gasteiger partial charge on any atom is 2.00 e. The van der Waals surface area contributed by atoms with Crippen LogP contribution in [0.25, 0.3) is 0 Å². The smallest absolute Gasteiger partial charge is 0.672 e. The van der Waals surface area contributed by atoms with Crippen molar-refractivity contribution in [2.75, 3.05) is 0 Å². The summed E-state index contributed by atoms with van der Waals surface area (Å²) in [5.41, 5.74) is 0. The summed E-state index contributed by atoms with van der Waals surface area (Å²) in [6, 6.07) is 0. The van der Waals surface area contributed by atoms with Crippen molar-refractivity contribution in [2.24, 2.45) is 0 Å². The predicted molar refractivity (Wildman–Crippen MR) is 28.7 cm³/mol. The Morgan fingerprint density at radius 2 is 0.571 bits per heavy atom. The Morgan fingerprint density at radius 1 is 0.571 bits per heavy atom. The molecule has 0 saturated heterocycles. The van der Waals surface area contributed by atoms with Crippen molar-refractivity contribution in [1.29, 1.82) is 0 Å². The van der Waals surface area contributed by atoms with Gasteiger partial charge in [0, 0.05) is 27.5 Å². The molecule has 0 fully saturated rings. The number of rotatable bonds is 0. The van der Waals surface area contributed by atoms with E-state index < -0.39 is 27.5 Å². The van der Waals surface area contributed by atoms with Crippen LogP contribution in [0.15, 0.2) is 0 Å². The molecule has 0 spiro atoms. The van der Waals surface area contributed by atoms with Crippen molar-refractivity contribution < 1.29 is 47.6 Å². The molecule has 10 nitrogen and oxygen atoms in total. The van der Waals surface area contributed by atoms with Gasteiger partial charge in [-0.1, -0.05) is 0 Å². The first-order valence-electron chi connectivity index (χ1n) is 1.84. The minimum absolute atomic E-state index is 0. The van der Waals surface area contributed by atoms with Crippen molar-refractivity contribution in [3.63, 3.8) is 0 Å². The van der Waals surface area contributed by atoms with E-state index in [1.165, 1.54) is 0 Å². The van der Waals surface area contributed by atoms with Crippen LogP contribution in [0.5, 0.6) is 0 Å². The van der Waals surface area contributed by atoms with Crippen LogP contribution in [0, 0.1) is 0 Å². The van der Waals surface area contributed by atoms with E-state index in [4.69, 9.17) is 42.2 Å². The molecule has 0 radical (unpaired) electrons. The second-order valence-electron chi connectivity index (χ2n) is 0.750. The molecule has 0 rings (SSSR count). The Labute approximate surface area is 98.3 Å². The van der Waals surface area contributed by atoms with E-state index in [-0.39, 0.29) is 28.5 Å². The van der Waals surface area contributed by atoms with E-state index in [0.29, 0.717) is 0 Å². The molecule has 0 aromatic heterocycles. The molecule has 0 unspecified atom stereocenters. The fourth-order valence-corrected chi connectivity index (χ4v) is 0. The fourth-order valence-electron chi connectivity index (χ4n) is 0. The summed E-state index contributed by atoms with van der Waals surface area (Å²) in [6.45, 7) is 0. The van der Waals surface area contributed by atoms with E-state index in [9.17, 15) is 0 Å². The summed E-state index contributed by atoms with van der Waals surface area (Å²) in [7, 11) is -10.9. The third kappa shape index (κ3) is 7230. The zero-order valence-corrected chi connectivity index (χ0v) is 10.8. The second-order valence-corrected chi connectivity index (χ2v) is 2.25. The van der Waals surface area contributed by atoms with Gasteiger partial charge in [0.1, 0.15) is 0 Å². The zero-order chi connectivity index (χ0) is 10.7. The average Bonchev–Trinajstić information content (AvgIpc) is 1.54. The van der Waals surface area contributed by atoms with Crippen molar-refractivity contribution in [3.8, 4) is 0 Å². The van der Waals surface area contributed by atoms with Crippen molar-refractivity contribution >= 4 is 50.6 Å². The fraction of sp³-hybridized carbons (Fsp3) is 0. The first-order chi connectivity index (χ1) is 5.20. The molecule has 0 aliphatic heterocycles. The monoisotopic (exact) mass is 270 g/mol. The zero-order valence-electron chi connectivity index (χ0n) is 6.38. The number of hydrogen-bond donors (Lipinski definition) is 0. The van der Waals surface area contributed by atoms with Crippen LogP contribution in [-0.4, -0.2) is 56.0 Å². The van der Waals surface area contributed by atoms with Crippen molar-refractivity contribution in [1.82, 2.24) is 0 Å².